The number of nitrogens with zero attached hydrogens (tertiary/aromatic N) is 8. The summed E-state index contributed by atoms with van der Waals surface area (Å²) in [7, 11) is 5.12. The molecule has 0 saturated carbocycles. The summed E-state index contributed by atoms with van der Waals surface area (Å²) in [5.41, 5.74) is 5.56. The fraction of sp³-hybridized carbons (Fsp3) is 0.344. The van der Waals surface area contributed by atoms with Crippen molar-refractivity contribution in [2.24, 2.45) is 7.05 Å². The van der Waals surface area contributed by atoms with Crippen LogP contribution in [0, 0.1) is 0 Å². The zero-order chi connectivity index (χ0) is 32.6. The number of ether oxygens (including phenoxy) is 1. The lowest BCUT2D eigenvalue weighted by atomic mass is 10.0. The monoisotopic (exact) mass is 704 g/mol. The highest BCUT2D eigenvalue weighted by Crippen LogP contribution is 2.43. The molecule has 0 aliphatic carbocycles. The smallest absolute Gasteiger partial charge is 0.229 e. The van der Waals surface area contributed by atoms with Crippen LogP contribution in [0.2, 0.25) is 0 Å². The minimum absolute atomic E-state index is 0.355. The Morgan fingerprint density at radius 1 is 1.02 bits per heavy atom. The van der Waals surface area contributed by atoms with Crippen LogP contribution >= 0.6 is 23.1 Å². The molecule has 0 amide bonds. The molecule has 12 nitrogen and oxygen atoms in total. The minimum atomic E-state index is -2.76. The summed E-state index contributed by atoms with van der Waals surface area (Å²) in [5.74, 6) is 1.52. The van der Waals surface area contributed by atoms with E-state index < -0.39 is 7.14 Å². The molecule has 0 spiro atoms. The molecular formula is C32H38BrN10O2P. The SMILES string of the molecule is COc1cc(N2CCC(N(C)C)CC2)c(-c2ccn(C)n2)cc1Nc1ncc(Br)c(Nc2ccc3nccnc3c2P(C)(C)=O)n1. The highest BCUT2D eigenvalue weighted by atomic mass is 79.9. The quantitative estimate of drug-likeness (QED) is 0.179. The van der Waals surface area contributed by atoms with Gasteiger partial charge in [-0.25, -0.2) is 4.98 Å². The molecule has 0 bridgehead atoms. The molecule has 4 heterocycles. The Bertz CT molecular complexity index is 1930. The van der Waals surface area contributed by atoms with E-state index in [1.165, 1.54) is 0 Å². The van der Waals surface area contributed by atoms with Gasteiger partial charge in [0, 0.05) is 62.6 Å². The largest absolute Gasteiger partial charge is 0.494 e. The van der Waals surface area contributed by atoms with Crippen LogP contribution in [-0.2, 0) is 11.6 Å². The molecule has 5 aromatic rings. The molecule has 1 aliphatic rings. The Morgan fingerprint density at radius 3 is 2.46 bits per heavy atom. The van der Waals surface area contributed by atoms with Gasteiger partial charge >= 0.3 is 0 Å². The molecule has 2 aromatic carbocycles. The van der Waals surface area contributed by atoms with E-state index in [1.54, 1.807) is 39.0 Å². The molecule has 3 aromatic heterocycles. The van der Waals surface area contributed by atoms with Crippen LogP contribution in [0.1, 0.15) is 12.8 Å². The predicted octanol–water partition coefficient (Wildman–Crippen LogP) is 5.86. The summed E-state index contributed by atoms with van der Waals surface area (Å²) >= 11 is 3.58. The maximum absolute atomic E-state index is 13.5. The molecule has 1 saturated heterocycles. The van der Waals surface area contributed by atoms with E-state index in [2.05, 4.69) is 77.5 Å². The number of benzene rings is 2. The summed E-state index contributed by atoms with van der Waals surface area (Å²) in [5, 5.41) is 12.1. The van der Waals surface area contributed by atoms with Gasteiger partial charge in [0.1, 0.15) is 24.2 Å². The molecule has 14 heteroatoms. The van der Waals surface area contributed by atoms with Crippen molar-refractivity contribution in [3.8, 4) is 17.0 Å². The van der Waals surface area contributed by atoms with Crippen LogP contribution in [0.4, 0.5) is 28.8 Å². The van der Waals surface area contributed by atoms with Crippen LogP contribution in [0.15, 0.2) is 59.6 Å². The molecule has 1 fully saturated rings. The van der Waals surface area contributed by atoms with Crippen molar-refractivity contribution in [2.45, 2.75) is 18.9 Å². The second kappa shape index (κ2) is 13.0. The number of methoxy groups -OCH3 is 1. The first-order chi connectivity index (χ1) is 22.0. The molecule has 0 radical (unpaired) electrons. The van der Waals surface area contributed by atoms with Crippen LogP contribution in [0.3, 0.4) is 0 Å². The third-order valence-electron chi connectivity index (χ3n) is 8.24. The zero-order valence-corrected chi connectivity index (χ0v) is 29.3. The summed E-state index contributed by atoms with van der Waals surface area (Å²) in [4.78, 5) is 22.9. The molecule has 0 atom stereocenters. The molecule has 240 valence electrons. The number of halogens is 1. The highest BCUT2D eigenvalue weighted by molar-refractivity contribution is 9.10. The van der Waals surface area contributed by atoms with Gasteiger partial charge in [0.05, 0.1) is 45.2 Å². The highest BCUT2D eigenvalue weighted by Gasteiger charge is 2.26. The van der Waals surface area contributed by atoms with Crippen molar-refractivity contribution < 1.29 is 9.30 Å². The van der Waals surface area contributed by atoms with E-state index in [4.69, 9.17) is 14.8 Å². The van der Waals surface area contributed by atoms with Crippen molar-refractivity contribution in [1.82, 2.24) is 34.6 Å². The fourth-order valence-electron chi connectivity index (χ4n) is 5.92. The first-order valence-corrected chi connectivity index (χ1v) is 18.4. The number of aromatic nitrogens is 6. The lowest BCUT2D eigenvalue weighted by Crippen LogP contribution is -2.42. The fourth-order valence-corrected chi connectivity index (χ4v) is 7.60. The minimum Gasteiger partial charge on any atom is -0.494 e. The van der Waals surface area contributed by atoms with Gasteiger partial charge in [-0.05, 0) is 80.5 Å². The first kappa shape index (κ1) is 31.9. The van der Waals surface area contributed by atoms with Crippen LogP contribution in [0.25, 0.3) is 22.3 Å². The summed E-state index contributed by atoms with van der Waals surface area (Å²) < 4.78 is 21.8. The summed E-state index contributed by atoms with van der Waals surface area (Å²) in [6, 6.07) is 10.4. The van der Waals surface area contributed by atoms with Gasteiger partial charge in [0.25, 0.3) is 0 Å². The van der Waals surface area contributed by atoms with Crippen molar-refractivity contribution in [1.29, 1.82) is 0 Å². The molecule has 6 rings (SSSR count). The lowest BCUT2D eigenvalue weighted by molar-refractivity contribution is 0.249. The van der Waals surface area contributed by atoms with E-state index in [-0.39, 0.29) is 0 Å². The van der Waals surface area contributed by atoms with Gasteiger partial charge in [-0.2, -0.15) is 10.1 Å². The van der Waals surface area contributed by atoms with Gasteiger partial charge in [0.15, 0.2) is 0 Å². The zero-order valence-electron chi connectivity index (χ0n) is 26.8. The first-order valence-electron chi connectivity index (χ1n) is 15.0. The number of hydrogen-bond donors (Lipinski definition) is 2. The Morgan fingerprint density at radius 2 is 1.78 bits per heavy atom. The Labute approximate surface area is 277 Å². The van der Waals surface area contributed by atoms with Gasteiger partial charge in [0.2, 0.25) is 5.95 Å². The Balaban J connectivity index is 1.36. The number of nitrogens with one attached hydrogen (secondary N) is 2. The van der Waals surface area contributed by atoms with Gasteiger partial charge < -0.3 is 29.7 Å². The molecule has 2 N–H and O–H groups in total. The van der Waals surface area contributed by atoms with E-state index in [1.807, 2.05) is 36.1 Å². The third-order valence-corrected chi connectivity index (χ3v) is 10.3. The van der Waals surface area contributed by atoms with Crippen molar-refractivity contribution in [2.75, 3.05) is 63.2 Å². The van der Waals surface area contributed by atoms with Crippen LogP contribution in [-0.4, -0.2) is 88.3 Å². The van der Waals surface area contributed by atoms with Gasteiger partial charge in [-0.3, -0.25) is 14.6 Å². The molecule has 0 unspecified atom stereocenters. The number of anilines is 5. The third kappa shape index (κ3) is 6.58. The molecule has 46 heavy (non-hydrogen) atoms. The number of fused-ring (bicyclic) bond motifs is 1. The molecular weight excluding hydrogens is 667 g/mol. The maximum atomic E-state index is 13.5. The topological polar surface area (TPSA) is 126 Å². The van der Waals surface area contributed by atoms with Crippen LogP contribution < -0.4 is 25.6 Å². The lowest BCUT2D eigenvalue weighted by Gasteiger charge is -2.37. The Hall–Kier alpha value is -4.06. The van der Waals surface area contributed by atoms with Gasteiger partial charge in [-0.15, -0.1) is 0 Å². The second-order valence-corrected chi connectivity index (χ2v) is 16.0. The van der Waals surface area contributed by atoms with E-state index in [0.29, 0.717) is 55.7 Å². The summed E-state index contributed by atoms with van der Waals surface area (Å²) in [6.07, 6.45) is 9.01. The molecule has 1 aliphatic heterocycles. The van der Waals surface area contributed by atoms with E-state index >= 15 is 0 Å². The normalized spacial score (nSPS) is 14.2. The average Bonchev–Trinajstić information content (AvgIpc) is 3.47. The second-order valence-electron chi connectivity index (χ2n) is 12.0. The average molecular weight is 706 g/mol. The number of piperidine rings is 1. The van der Waals surface area contributed by atoms with Crippen molar-refractivity contribution in [3.05, 3.63) is 59.6 Å². The maximum Gasteiger partial charge on any atom is 0.229 e. The van der Waals surface area contributed by atoms with E-state index in [0.717, 1.165) is 42.9 Å². The Kier molecular flexibility index (Phi) is 9.00. The number of rotatable bonds is 9. The summed E-state index contributed by atoms with van der Waals surface area (Å²) in [6.45, 7) is 5.33. The standard InChI is InChI=1S/C32H38BrN10O2P/c1-41(2)20-9-15-43(16-10-20)27-18-28(45-4)26(17-21(27)23-11-14-42(3)40-23)38-32-36-19-22(33)31(39-32)37-25-8-7-24-29(35-13-12-34-24)30(25)46(5,6)44/h7-8,11-14,17-20H,9-10,15-16H2,1-6H3,(H2,36,37,38,39). The van der Waals surface area contributed by atoms with Crippen molar-refractivity contribution >= 4 is 68.2 Å². The van der Waals surface area contributed by atoms with Gasteiger partial charge in [-0.1, -0.05) is 0 Å². The van der Waals surface area contributed by atoms with Crippen LogP contribution in [0.5, 0.6) is 5.75 Å². The predicted molar refractivity (Wildman–Crippen MR) is 189 cm³/mol. The van der Waals surface area contributed by atoms with E-state index in [9.17, 15) is 4.57 Å². The van der Waals surface area contributed by atoms with Crippen molar-refractivity contribution in [3.63, 3.8) is 0 Å². The number of hydrogen-bond acceptors (Lipinski definition) is 11. The number of aryl methyl sites for hydroxylation is 1.